The van der Waals surface area contributed by atoms with Crippen molar-refractivity contribution in [2.24, 2.45) is 0 Å². The highest BCUT2D eigenvalue weighted by Crippen LogP contribution is 2.27. The van der Waals surface area contributed by atoms with E-state index in [1.165, 1.54) is 6.07 Å². The molecule has 24 heavy (non-hydrogen) atoms. The number of nitrogens with one attached hydrogen (secondary N) is 2. The van der Waals surface area contributed by atoms with Gasteiger partial charge in [-0.15, -0.1) is 0 Å². The van der Waals surface area contributed by atoms with Crippen LogP contribution in [0.15, 0.2) is 48.5 Å². The maximum atomic E-state index is 13.7. The number of carbonyl (C=O) groups is 2. The second-order valence-electron chi connectivity index (χ2n) is 5.52. The van der Waals surface area contributed by atoms with Gasteiger partial charge in [-0.2, -0.15) is 0 Å². The summed E-state index contributed by atoms with van der Waals surface area (Å²) in [6.45, 7) is 0.232. The molecule has 1 aliphatic rings. The third-order valence-electron chi connectivity index (χ3n) is 3.79. The number of halogens is 1. The monoisotopic (exact) mass is 328 g/mol. The quantitative estimate of drug-likeness (QED) is 0.886. The van der Waals surface area contributed by atoms with Crippen LogP contribution in [-0.4, -0.2) is 17.9 Å². The summed E-state index contributed by atoms with van der Waals surface area (Å²) < 4.78 is 19.3. The predicted octanol–water partition coefficient (Wildman–Crippen LogP) is 2.51. The van der Waals surface area contributed by atoms with Crippen molar-refractivity contribution in [2.45, 2.75) is 25.4 Å². The Kier molecular flexibility index (Phi) is 4.74. The van der Waals surface area contributed by atoms with Gasteiger partial charge < -0.3 is 15.4 Å². The lowest BCUT2D eigenvalue weighted by molar-refractivity contribution is -0.125. The Morgan fingerprint density at radius 2 is 1.88 bits per heavy atom. The molecule has 1 atom stereocenters. The van der Waals surface area contributed by atoms with Crippen molar-refractivity contribution in [2.75, 3.05) is 0 Å². The Hall–Kier alpha value is -2.89. The second-order valence-corrected chi connectivity index (χ2v) is 5.52. The molecule has 0 saturated carbocycles. The normalized spacial score (nSPS) is 16.5. The fourth-order valence-corrected chi connectivity index (χ4v) is 2.51. The molecule has 2 aromatic rings. The van der Waals surface area contributed by atoms with Crippen molar-refractivity contribution < 1.29 is 18.7 Å². The third-order valence-corrected chi connectivity index (χ3v) is 3.79. The number of ether oxygens (including phenoxy) is 1. The SMILES string of the molecule is O=C1CCC(C(=O)NCc2ccccc2Oc2ccccc2F)N1. The zero-order valence-electron chi connectivity index (χ0n) is 12.9. The molecule has 0 aromatic heterocycles. The molecule has 0 bridgehead atoms. The smallest absolute Gasteiger partial charge is 0.242 e. The maximum Gasteiger partial charge on any atom is 0.242 e. The van der Waals surface area contributed by atoms with E-state index in [2.05, 4.69) is 10.6 Å². The molecule has 2 N–H and O–H groups in total. The van der Waals surface area contributed by atoms with Gasteiger partial charge in [0.15, 0.2) is 11.6 Å². The predicted molar refractivity (Wildman–Crippen MR) is 85.9 cm³/mol. The van der Waals surface area contributed by atoms with Crippen LogP contribution in [0.25, 0.3) is 0 Å². The topological polar surface area (TPSA) is 67.4 Å². The molecule has 0 radical (unpaired) electrons. The van der Waals surface area contributed by atoms with Crippen molar-refractivity contribution >= 4 is 11.8 Å². The molecule has 5 nitrogen and oxygen atoms in total. The van der Waals surface area contributed by atoms with Gasteiger partial charge in [0.05, 0.1) is 0 Å². The van der Waals surface area contributed by atoms with Crippen molar-refractivity contribution in [1.82, 2.24) is 10.6 Å². The minimum atomic E-state index is -0.489. The van der Waals surface area contributed by atoms with E-state index < -0.39 is 11.9 Å². The van der Waals surface area contributed by atoms with E-state index in [0.29, 0.717) is 18.6 Å². The van der Waals surface area contributed by atoms with E-state index in [-0.39, 0.29) is 24.1 Å². The molecule has 0 aliphatic carbocycles. The Morgan fingerprint density at radius 1 is 1.17 bits per heavy atom. The molecule has 1 unspecified atom stereocenters. The molecule has 1 saturated heterocycles. The summed E-state index contributed by atoms with van der Waals surface area (Å²) >= 11 is 0. The molecule has 3 rings (SSSR count). The Labute approximate surface area is 138 Å². The molecule has 0 spiro atoms. The average molecular weight is 328 g/mol. The molecule has 2 amide bonds. The summed E-state index contributed by atoms with van der Waals surface area (Å²) in [5.41, 5.74) is 0.721. The van der Waals surface area contributed by atoms with Crippen LogP contribution in [0.1, 0.15) is 18.4 Å². The van der Waals surface area contributed by atoms with E-state index in [1.807, 2.05) is 6.07 Å². The van der Waals surface area contributed by atoms with Gasteiger partial charge in [0.25, 0.3) is 0 Å². The third kappa shape index (κ3) is 3.71. The van der Waals surface area contributed by atoms with Crippen molar-refractivity contribution in [1.29, 1.82) is 0 Å². The number of para-hydroxylation sites is 2. The first-order valence-corrected chi connectivity index (χ1v) is 7.71. The zero-order chi connectivity index (χ0) is 16.9. The van der Waals surface area contributed by atoms with Gasteiger partial charge in [-0.05, 0) is 24.6 Å². The first-order chi connectivity index (χ1) is 11.6. The van der Waals surface area contributed by atoms with Gasteiger partial charge in [-0.3, -0.25) is 9.59 Å². The number of hydrogen-bond donors (Lipinski definition) is 2. The van der Waals surface area contributed by atoms with Crippen LogP contribution in [0, 0.1) is 5.82 Å². The van der Waals surface area contributed by atoms with Gasteiger partial charge in [-0.1, -0.05) is 30.3 Å². The highest BCUT2D eigenvalue weighted by Gasteiger charge is 2.26. The lowest BCUT2D eigenvalue weighted by atomic mass is 10.1. The van der Waals surface area contributed by atoms with Gasteiger partial charge in [0, 0.05) is 18.5 Å². The van der Waals surface area contributed by atoms with Gasteiger partial charge in [-0.25, -0.2) is 4.39 Å². The summed E-state index contributed by atoms with van der Waals surface area (Å²) in [5, 5.41) is 5.39. The van der Waals surface area contributed by atoms with Crippen molar-refractivity contribution in [3.8, 4) is 11.5 Å². The second kappa shape index (κ2) is 7.12. The van der Waals surface area contributed by atoms with Crippen LogP contribution in [0.4, 0.5) is 4.39 Å². The zero-order valence-corrected chi connectivity index (χ0v) is 12.9. The van der Waals surface area contributed by atoms with Crippen LogP contribution in [0.3, 0.4) is 0 Å². The minimum absolute atomic E-state index is 0.113. The standard InChI is InChI=1S/C18H17FN2O3/c19-13-6-2-4-8-16(13)24-15-7-3-1-5-12(15)11-20-18(23)14-9-10-17(22)21-14/h1-8,14H,9-11H2,(H,20,23)(H,21,22). The molecular formula is C18H17FN2O3. The van der Waals surface area contributed by atoms with Gasteiger partial charge in [0.1, 0.15) is 11.8 Å². The van der Waals surface area contributed by atoms with E-state index in [4.69, 9.17) is 4.74 Å². The molecular weight excluding hydrogens is 311 g/mol. The number of amides is 2. The van der Waals surface area contributed by atoms with Crippen LogP contribution in [-0.2, 0) is 16.1 Å². The molecule has 1 heterocycles. The Morgan fingerprint density at radius 3 is 2.58 bits per heavy atom. The van der Waals surface area contributed by atoms with Crippen LogP contribution in [0.2, 0.25) is 0 Å². The van der Waals surface area contributed by atoms with E-state index >= 15 is 0 Å². The molecule has 6 heteroatoms. The fourth-order valence-electron chi connectivity index (χ4n) is 2.51. The number of benzene rings is 2. The fraction of sp³-hybridized carbons (Fsp3) is 0.222. The summed E-state index contributed by atoms with van der Waals surface area (Å²) in [6, 6.07) is 12.7. The molecule has 124 valence electrons. The first kappa shape index (κ1) is 16.0. The number of hydrogen-bond acceptors (Lipinski definition) is 3. The lowest BCUT2D eigenvalue weighted by Gasteiger charge is -2.14. The lowest BCUT2D eigenvalue weighted by Crippen LogP contribution is -2.41. The molecule has 1 fully saturated rings. The van der Waals surface area contributed by atoms with Gasteiger partial charge in [0.2, 0.25) is 11.8 Å². The molecule has 2 aromatic carbocycles. The van der Waals surface area contributed by atoms with Crippen LogP contribution >= 0.6 is 0 Å². The van der Waals surface area contributed by atoms with Gasteiger partial charge >= 0.3 is 0 Å². The highest BCUT2D eigenvalue weighted by molar-refractivity contribution is 5.90. The van der Waals surface area contributed by atoms with Crippen molar-refractivity contribution in [3.05, 3.63) is 59.9 Å². The van der Waals surface area contributed by atoms with Crippen molar-refractivity contribution in [3.63, 3.8) is 0 Å². The average Bonchev–Trinajstić information content (AvgIpc) is 3.02. The maximum absolute atomic E-state index is 13.7. The Bertz CT molecular complexity index is 763. The highest BCUT2D eigenvalue weighted by atomic mass is 19.1. The summed E-state index contributed by atoms with van der Waals surface area (Å²) in [6.07, 6.45) is 0.864. The number of carbonyl (C=O) groups excluding carboxylic acids is 2. The largest absolute Gasteiger partial charge is 0.454 e. The van der Waals surface area contributed by atoms with E-state index in [9.17, 15) is 14.0 Å². The summed E-state index contributed by atoms with van der Waals surface area (Å²) in [5.74, 6) is -0.206. The summed E-state index contributed by atoms with van der Waals surface area (Å²) in [7, 11) is 0. The van der Waals surface area contributed by atoms with E-state index in [0.717, 1.165) is 5.56 Å². The van der Waals surface area contributed by atoms with E-state index in [1.54, 1.807) is 36.4 Å². The number of rotatable bonds is 5. The van der Waals surface area contributed by atoms with Crippen LogP contribution in [0.5, 0.6) is 11.5 Å². The van der Waals surface area contributed by atoms with Crippen LogP contribution < -0.4 is 15.4 Å². The summed E-state index contributed by atoms with van der Waals surface area (Å²) in [4.78, 5) is 23.2. The molecule has 1 aliphatic heterocycles. The first-order valence-electron chi connectivity index (χ1n) is 7.71. The minimum Gasteiger partial charge on any atom is -0.454 e. The Balaban J connectivity index is 1.67.